The average molecular weight is 693 g/mol. The van der Waals surface area contributed by atoms with Gasteiger partial charge in [0.25, 0.3) is 5.56 Å². The summed E-state index contributed by atoms with van der Waals surface area (Å²) in [4.78, 5) is 41.8. The molecule has 3 fully saturated rings. The molecule has 9 atom stereocenters. The minimum Gasteiger partial charge on any atom is -0.381 e. The van der Waals surface area contributed by atoms with Crippen LogP contribution in [0.5, 0.6) is 0 Å². The van der Waals surface area contributed by atoms with Crippen LogP contribution in [0.25, 0.3) is 16.8 Å². The van der Waals surface area contributed by atoms with Gasteiger partial charge in [-0.05, 0) is 11.8 Å². The van der Waals surface area contributed by atoms with Crippen LogP contribution in [0.1, 0.15) is 24.4 Å². The van der Waals surface area contributed by atoms with Gasteiger partial charge in [0.2, 0.25) is 5.95 Å². The highest BCUT2D eigenvalue weighted by Gasteiger charge is 2.52. The number of alkyl halides is 1. The molecular formula is C20H23FN10O9P2S2. The molecule has 0 aromatic carbocycles. The van der Waals surface area contributed by atoms with Crippen molar-refractivity contribution in [1.29, 1.82) is 0 Å². The summed E-state index contributed by atoms with van der Waals surface area (Å²) in [5.41, 5.74) is 11.5. The van der Waals surface area contributed by atoms with Crippen molar-refractivity contribution in [3.05, 3.63) is 34.9 Å². The first-order valence-electron chi connectivity index (χ1n) is 12.8. The van der Waals surface area contributed by atoms with Crippen molar-refractivity contribution in [3.63, 3.8) is 0 Å². The number of aromatic nitrogens is 8. The van der Waals surface area contributed by atoms with Crippen LogP contribution >= 0.6 is 25.8 Å². The third-order valence-corrected chi connectivity index (χ3v) is 10.4. The first-order valence-corrected chi connectivity index (χ1v) is 18.1. The van der Waals surface area contributed by atoms with Gasteiger partial charge in [-0.1, -0.05) is 12.2 Å². The molecule has 19 nitrogen and oxygen atoms in total. The topological polar surface area (TPSA) is 251 Å². The summed E-state index contributed by atoms with van der Waals surface area (Å²) in [6.45, 7) is -9.41. The SMILES string of the molecule is Nc1nc2c(ncn2[C@@H]2OC3COP(O)(=S)O[C@H]4C[C@H](c5cnc6c(N)ncnn56)O[C@@H]4COP(=O)(S)O[C@@H]2[C@@H]3F)c(=O)[nH]1. The first-order chi connectivity index (χ1) is 20.9. The normalized spacial score (nSPS) is 36.6. The second kappa shape index (κ2) is 11.0. The van der Waals surface area contributed by atoms with Crippen LogP contribution in [0, 0.1) is 0 Å². The van der Waals surface area contributed by atoms with Crippen LogP contribution in [0.2, 0.25) is 0 Å². The Morgan fingerprint density at radius 1 is 1.11 bits per heavy atom. The number of halogens is 1. The highest BCUT2D eigenvalue weighted by atomic mass is 32.7. The molecule has 3 saturated heterocycles. The van der Waals surface area contributed by atoms with E-state index in [1.807, 2.05) is 0 Å². The Morgan fingerprint density at radius 3 is 2.73 bits per heavy atom. The van der Waals surface area contributed by atoms with E-state index in [1.165, 1.54) is 21.6 Å². The Balaban J connectivity index is 1.19. The largest absolute Gasteiger partial charge is 0.386 e. The second-order valence-corrected chi connectivity index (χ2v) is 15.7. The molecule has 4 aromatic rings. The van der Waals surface area contributed by atoms with E-state index in [0.29, 0.717) is 11.3 Å². The predicted octanol–water partition coefficient (Wildman–Crippen LogP) is 0.559. The van der Waals surface area contributed by atoms with Crippen molar-refractivity contribution >= 4 is 66.1 Å². The quantitative estimate of drug-likeness (QED) is 0.142. The van der Waals surface area contributed by atoms with Crippen LogP contribution in [-0.4, -0.2) is 87.8 Å². The number of fused-ring (bicyclic) bond motifs is 5. The van der Waals surface area contributed by atoms with E-state index < -0.39 is 75.2 Å². The van der Waals surface area contributed by atoms with E-state index in [1.54, 1.807) is 0 Å². The molecule has 0 radical (unpaired) electrons. The number of hydrogen-bond acceptors (Lipinski definition) is 16. The Kier molecular flexibility index (Phi) is 7.53. The number of nitrogens with one attached hydrogen (secondary N) is 1. The molecule has 3 aliphatic heterocycles. The van der Waals surface area contributed by atoms with E-state index in [0.717, 1.165) is 6.33 Å². The lowest BCUT2D eigenvalue weighted by Gasteiger charge is -2.26. The fourth-order valence-electron chi connectivity index (χ4n) is 5.25. The standard InChI is InChI=1S/C20H23FN10O9P2S2/c21-12-11-4-36-41(33,43)39-9-1-8(7-2-24-17-15(22)25-5-27-31(7)17)37-10(9)3-35-42(34,44)40-14(12)19(38-11)30-6-26-13-16(30)28-20(23)29-18(13)32/h2,5-6,8-12,14,19H,1,3-4H2,(H,33,43)(H,34,44)(H2,22,25,27)(H3,23,28,29,32)/t8-,9+,10-,11?,12-,14-,19-,41?,42?/m1/s1. The fourth-order valence-corrected chi connectivity index (χ4v) is 8.18. The lowest BCUT2D eigenvalue weighted by molar-refractivity contribution is -0.0536. The predicted molar refractivity (Wildman–Crippen MR) is 154 cm³/mol. The lowest BCUT2D eigenvalue weighted by Crippen LogP contribution is -2.32. The van der Waals surface area contributed by atoms with Crippen LogP contribution in [-0.2, 0) is 43.9 Å². The molecule has 7 heterocycles. The fraction of sp³-hybridized carbons (Fsp3) is 0.500. The van der Waals surface area contributed by atoms with Gasteiger partial charge < -0.3 is 34.9 Å². The van der Waals surface area contributed by atoms with E-state index >= 15 is 4.39 Å². The van der Waals surface area contributed by atoms with Gasteiger partial charge in [-0.2, -0.15) is 10.1 Å². The number of nitrogen functional groups attached to an aromatic ring is 2. The molecule has 4 aromatic heterocycles. The molecular weight excluding hydrogens is 669 g/mol. The van der Waals surface area contributed by atoms with Crippen LogP contribution in [0.3, 0.4) is 0 Å². The Hall–Kier alpha value is -2.62. The zero-order chi connectivity index (χ0) is 31.0. The molecule has 236 valence electrons. The molecule has 2 bridgehead atoms. The number of ether oxygens (including phenoxy) is 2. The summed E-state index contributed by atoms with van der Waals surface area (Å²) in [7, 11) is 0. The van der Waals surface area contributed by atoms with Crippen molar-refractivity contribution in [2.24, 2.45) is 0 Å². The summed E-state index contributed by atoms with van der Waals surface area (Å²) in [5.74, 6) is -0.0843. The first kappa shape index (κ1) is 30.1. The van der Waals surface area contributed by atoms with Crippen LogP contribution < -0.4 is 17.0 Å². The highest BCUT2D eigenvalue weighted by Crippen LogP contribution is 2.58. The molecule has 3 unspecified atom stereocenters. The van der Waals surface area contributed by atoms with Crippen molar-refractivity contribution in [3.8, 4) is 0 Å². The molecule has 7 rings (SSSR count). The van der Waals surface area contributed by atoms with E-state index in [2.05, 4.69) is 42.3 Å². The number of aromatic amines is 1. The summed E-state index contributed by atoms with van der Waals surface area (Å²) in [6.07, 6.45) is -5.07. The third kappa shape index (κ3) is 5.43. The van der Waals surface area contributed by atoms with Gasteiger partial charge in [0, 0.05) is 6.42 Å². The summed E-state index contributed by atoms with van der Waals surface area (Å²) >= 11 is 9.30. The minimum atomic E-state index is -4.34. The molecule has 0 saturated carbocycles. The highest BCUT2D eigenvalue weighted by molar-refractivity contribution is 8.44. The number of imidazole rings is 2. The van der Waals surface area contributed by atoms with Gasteiger partial charge in [-0.15, -0.1) is 0 Å². The van der Waals surface area contributed by atoms with Crippen molar-refractivity contribution in [2.75, 3.05) is 24.7 Å². The average Bonchev–Trinajstić information content (AvgIpc) is 3.72. The third-order valence-electron chi connectivity index (χ3n) is 7.20. The van der Waals surface area contributed by atoms with Gasteiger partial charge in [-0.3, -0.25) is 23.4 Å². The molecule has 3 aliphatic rings. The van der Waals surface area contributed by atoms with Gasteiger partial charge in [0.05, 0.1) is 37.5 Å². The second-order valence-electron chi connectivity index (χ2n) is 9.99. The Labute approximate surface area is 255 Å². The molecule has 0 aliphatic carbocycles. The van der Waals surface area contributed by atoms with E-state index in [4.69, 9.17) is 50.8 Å². The smallest absolute Gasteiger partial charge is 0.381 e. The summed E-state index contributed by atoms with van der Waals surface area (Å²) in [6, 6.07) is 0. The molecule has 6 N–H and O–H groups in total. The maximum Gasteiger partial charge on any atom is 0.386 e. The van der Waals surface area contributed by atoms with Gasteiger partial charge >= 0.3 is 13.5 Å². The monoisotopic (exact) mass is 692 g/mol. The zero-order valence-electron chi connectivity index (χ0n) is 22.0. The maximum atomic E-state index is 15.8. The Bertz CT molecular complexity index is 1910. The summed E-state index contributed by atoms with van der Waals surface area (Å²) < 4.78 is 66.3. The summed E-state index contributed by atoms with van der Waals surface area (Å²) in [5, 5.41) is 4.17. The van der Waals surface area contributed by atoms with Crippen LogP contribution in [0.15, 0.2) is 23.6 Å². The van der Waals surface area contributed by atoms with Gasteiger partial charge in [0.15, 0.2) is 35.0 Å². The van der Waals surface area contributed by atoms with Crippen molar-refractivity contribution in [2.45, 2.75) is 49.3 Å². The Morgan fingerprint density at radius 2 is 1.91 bits per heavy atom. The van der Waals surface area contributed by atoms with Gasteiger partial charge in [-0.25, -0.2) is 28.4 Å². The number of nitrogens with zero attached hydrogens (tertiary/aromatic N) is 7. The minimum absolute atomic E-state index is 0.0575. The van der Waals surface area contributed by atoms with Crippen molar-refractivity contribution < 1.29 is 41.4 Å². The van der Waals surface area contributed by atoms with Crippen LogP contribution in [0.4, 0.5) is 16.2 Å². The van der Waals surface area contributed by atoms with E-state index in [-0.39, 0.29) is 29.4 Å². The van der Waals surface area contributed by atoms with Crippen molar-refractivity contribution in [1.82, 2.24) is 39.1 Å². The number of anilines is 2. The number of H-pyrrole nitrogens is 1. The maximum absolute atomic E-state index is 15.8. The number of nitrogens with two attached hydrogens (primary N) is 2. The molecule has 0 amide bonds. The zero-order valence-corrected chi connectivity index (χ0v) is 25.5. The molecule has 44 heavy (non-hydrogen) atoms. The number of rotatable bonds is 2. The molecule has 24 heteroatoms. The molecule has 0 spiro atoms. The number of thiol groups is 1. The lowest BCUT2D eigenvalue weighted by atomic mass is 10.1. The number of hydrogen-bond donors (Lipinski definition) is 5. The van der Waals surface area contributed by atoms with Gasteiger partial charge in [0.1, 0.15) is 30.7 Å². The van der Waals surface area contributed by atoms with E-state index in [9.17, 15) is 14.3 Å².